The minimum Gasteiger partial charge on any atom is -0.505 e. The molecule has 1 amide bonds. The molecule has 1 aromatic carbocycles. The van der Waals surface area contributed by atoms with Crippen LogP contribution in [0.25, 0.3) is 0 Å². The lowest BCUT2D eigenvalue weighted by Gasteiger charge is -2.23. The molecule has 2 rings (SSSR count). The molecule has 19 heavy (non-hydrogen) atoms. The molecule has 0 saturated carbocycles. The maximum absolute atomic E-state index is 11.9. The third kappa shape index (κ3) is 3.68. The molecule has 1 unspecified atom stereocenters. The summed E-state index contributed by atoms with van der Waals surface area (Å²) in [6.45, 7) is 5.89. The van der Waals surface area contributed by atoms with Gasteiger partial charge in [0, 0.05) is 13.1 Å². The summed E-state index contributed by atoms with van der Waals surface area (Å²) < 4.78 is 5.48. The number of hydrogen-bond acceptors (Lipinski definition) is 4. The van der Waals surface area contributed by atoms with Crippen molar-refractivity contribution < 1.29 is 14.6 Å². The maximum atomic E-state index is 11.9. The van der Waals surface area contributed by atoms with Crippen LogP contribution in [-0.2, 0) is 9.53 Å². The topological polar surface area (TPSA) is 70.6 Å². The third-order valence-corrected chi connectivity index (χ3v) is 3.14. The van der Waals surface area contributed by atoms with Gasteiger partial charge in [0.25, 0.3) is 0 Å². The van der Waals surface area contributed by atoms with Gasteiger partial charge in [-0.2, -0.15) is 0 Å². The molecular weight excluding hydrogens is 244 g/mol. The van der Waals surface area contributed by atoms with Crippen molar-refractivity contribution in [1.29, 1.82) is 0 Å². The van der Waals surface area contributed by atoms with Gasteiger partial charge < -0.3 is 20.5 Å². The van der Waals surface area contributed by atoms with E-state index >= 15 is 0 Å². The Morgan fingerprint density at radius 3 is 3.00 bits per heavy atom. The summed E-state index contributed by atoms with van der Waals surface area (Å²) in [7, 11) is 0. The number of aryl methyl sites for hydroxylation is 2. The number of ether oxygens (including phenoxy) is 1. The maximum Gasteiger partial charge on any atom is 0.227 e. The fourth-order valence-corrected chi connectivity index (χ4v) is 2.21. The first-order valence-electron chi connectivity index (χ1n) is 6.48. The Labute approximate surface area is 113 Å². The number of anilines is 1. The second-order valence-electron chi connectivity index (χ2n) is 4.93. The number of morpholine rings is 1. The summed E-state index contributed by atoms with van der Waals surface area (Å²) in [5.74, 6) is -0.0179. The standard InChI is InChI=1S/C14H20N2O3/c1-9-5-10(2)14(18)12(6-9)16-13(17)7-11-8-15-3-4-19-11/h5-6,11,15,18H,3-4,7-8H2,1-2H3,(H,16,17). The zero-order chi connectivity index (χ0) is 13.8. The molecule has 1 atom stereocenters. The molecular formula is C14H20N2O3. The molecule has 1 heterocycles. The SMILES string of the molecule is Cc1cc(C)c(O)c(NC(=O)CC2CNCCO2)c1. The Kier molecular flexibility index (Phi) is 4.39. The van der Waals surface area contributed by atoms with E-state index in [0.29, 0.717) is 25.3 Å². The van der Waals surface area contributed by atoms with Crippen LogP contribution in [-0.4, -0.2) is 36.8 Å². The summed E-state index contributed by atoms with van der Waals surface area (Å²) in [5, 5.41) is 15.8. The number of phenolic OH excluding ortho intramolecular Hbond substituents is 1. The average molecular weight is 264 g/mol. The summed E-state index contributed by atoms with van der Waals surface area (Å²) in [5.41, 5.74) is 2.22. The largest absolute Gasteiger partial charge is 0.505 e. The number of hydrogen-bond donors (Lipinski definition) is 3. The van der Waals surface area contributed by atoms with E-state index in [1.807, 2.05) is 19.9 Å². The number of phenols is 1. The fourth-order valence-electron chi connectivity index (χ4n) is 2.21. The van der Waals surface area contributed by atoms with Crippen LogP contribution in [0.3, 0.4) is 0 Å². The van der Waals surface area contributed by atoms with E-state index < -0.39 is 0 Å². The van der Waals surface area contributed by atoms with Crippen molar-refractivity contribution in [2.75, 3.05) is 25.0 Å². The van der Waals surface area contributed by atoms with Crippen molar-refractivity contribution in [3.63, 3.8) is 0 Å². The predicted octanol–water partition coefficient (Wildman–Crippen LogP) is 1.33. The summed E-state index contributed by atoms with van der Waals surface area (Å²) in [4.78, 5) is 11.9. The van der Waals surface area contributed by atoms with Gasteiger partial charge >= 0.3 is 0 Å². The highest BCUT2D eigenvalue weighted by Crippen LogP contribution is 2.28. The van der Waals surface area contributed by atoms with Gasteiger partial charge in [0.05, 0.1) is 24.8 Å². The molecule has 104 valence electrons. The minimum atomic E-state index is -0.144. The number of carbonyl (C=O) groups excluding carboxylic acids is 1. The highest BCUT2D eigenvalue weighted by Gasteiger charge is 2.18. The van der Waals surface area contributed by atoms with Gasteiger partial charge in [0.1, 0.15) is 5.75 Å². The first-order chi connectivity index (χ1) is 9.06. The monoisotopic (exact) mass is 264 g/mol. The average Bonchev–Trinajstić information content (AvgIpc) is 2.36. The van der Waals surface area contributed by atoms with E-state index in [0.717, 1.165) is 17.7 Å². The number of amides is 1. The van der Waals surface area contributed by atoms with Crippen molar-refractivity contribution >= 4 is 11.6 Å². The first kappa shape index (κ1) is 13.8. The van der Waals surface area contributed by atoms with Crippen LogP contribution in [0, 0.1) is 13.8 Å². The molecule has 1 aliphatic heterocycles. The second-order valence-corrected chi connectivity index (χ2v) is 4.93. The van der Waals surface area contributed by atoms with Crippen LogP contribution in [0.15, 0.2) is 12.1 Å². The van der Waals surface area contributed by atoms with Crippen molar-refractivity contribution in [3.05, 3.63) is 23.3 Å². The van der Waals surface area contributed by atoms with Crippen LogP contribution < -0.4 is 10.6 Å². The first-order valence-corrected chi connectivity index (χ1v) is 6.48. The Bertz CT molecular complexity index is 468. The van der Waals surface area contributed by atoms with Crippen LogP contribution in [0.5, 0.6) is 5.75 Å². The van der Waals surface area contributed by atoms with Gasteiger partial charge in [-0.3, -0.25) is 4.79 Å². The molecule has 5 heteroatoms. The lowest BCUT2D eigenvalue weighted by Crippen LogP contribution is -2.40. The van der Waals surface area contributed by atoms with Crippen molar-refractivity contribution in [2.45, 2.75) is 26.4 Å². The quantitative estimate of drug-likeness (QED) is 0.720. The van der Waals surface area contributed by atoms with E-state index in [2.05, 4.69) is 10.6 Å². The lowest BCUT2D eigenvalue weighted by molar-refractivity contribution is -0.119. The van der Waals surface area contributed by atoms with Crippen LogP contribution in [0.4, 0.5) is 5.69 Å². The van der Waals surface area contributed by atoms with Crippen LogP contribution in [0.1, 0.15) is 17.5 Å². The van der Waals surface area contributed by atoms with E-state index in [9.17, 15) is 9.90 Å². The van der Waals surface area contributed by atoms with Crippen LogP contribution >= 0.6 is 0 Å². The highest BCUT2D eigenvalue weighted by atomic mass is 16.5. The molecule has 1 aromatic rings. The van der Waals surface area contributed by atoms with E-state index in [1.54, 1.807) is 6.07 Å². The van der Waals surface area contributed by atoms with Crippen LogP contribution in [0.2, 0.25) is 0 Å². The Morgan fingerprint density at radius 1 is 1.53 bits per heavy atom. The van der Waals surface area contributed by atoms with E-state index in [-0.39, 0.29) is 17.8 Å². The predicted molar refractivity (Wildman–Crippen MR) is 73.4 cm³/mol. The molecule has 1 saturated heterocycles. The lowest BCUT2D eigenvalue weighted by atomic mass is 10.1. The molecule has 0 spiro atoms. The molecule has 0 bridgehead atoms. The summed E-state index contributed by atoms with van der Waals surface area (Å²) in [6, 6.07) is 3.64. The van der Waals surface area contributed by atoms with Crippen molar-refractivity contribution in [1.82, 2.24) is 5.32 Å². The zero-order valence-corrected chi connectivity index (χ0v) is 11.3. The number of carbonyl (C=O) groups is 1. The summed E-state index contributed by atoms with van der Waals surface area (Å²) in [6.07, 6.45) is 0.196. The van der Waals surface area contributed by atoms with Gasteiger partial charge in [0.15, 0.2) is 0 Å². The number of rotatable bonds is 3. The molecule has 5 nitrogen and oxygen atoms in total. The summed E-state index contributed by atoms with van der Waals surface area (Å²) >= 11 is 0. The molecule has 1 fully saturated rings. The Morgan fingerprint density at radius 2 is 2.32 bits per heavy atom. The van der Waals surface area contributed by atoms with Crippen molar-refractivity contribution in [3.8, 4) is 5.75 Å². The zero-order valence-electron chi connectivity index (χ0n) is 11.3. The van der Waals surface area contributed by atoms with E-state index in [1.165, 1.54) is 0 Å². The van der Waals surface area contributed by atoms with Gasteiger partial charge in [-0.25, -0.2) is 0 Å². The molecule has 0 aromatic heterocycles. The Hall–Kier alpha value is -1.59. The molecule has 3 N–H and O–H groups in total. The molecule has 0 radical (unpaired) electrons. The van der Waals surface area contributed by atoms with E-state index in [4.69, 9.17) is 4.74 Å². The minimum absolute atomic E-state index is 0.0956. The smallest absolute Gasteiger partial charge is 0.227 e. The van der Waals surface area contributed by atoms with Gasteiger partial charge in [-0.05, 0) is 31.0 Å². The molecule has 1 aliphatic rings. The third-order valence-electron chi connectivity index (χ3n) is 3.14. The number of nitrogens with one attached hydrogen (secondary N) is 2. The normalized spacial score (nSPS) is 19.2. The second kappa shape index (κ2) is 6.04. The fraction of sp³-hybridized carbons (Fsp3) is 0.500. The Balaban J connectivity index is 1.98. The molecule has 0 aliphatic carbocycles. The number of benzene rings is 1. The van der Waals surface area contributed by atoms with Gasteiger partial charge in [0.2, 0.25) is 5.91 Å². The highest BCUT2D eigenvalue weighted by molar-refractivity contribution is 5.92. The van der Waals surface area contributed by atoms with Gasteiger partial charge in [-0.1, -0.05) is 6.07 Å². The van der Waals surface area contributed by atoms with Crippen molar-refractivity contribution in [2.24, 2.45) is 0 Å². The van der Waals surface area contributed by atoms with Gasteiger partial charge in [-0.15, -0.1) is 0 Å². The number of aromatic hydroxyl groups is 1.